The van der Waals surface area contributed by atoms with E-state index >= 15 is 0 Å². The number of fused-ring (bicyclic) bond motifs is 1. The monoisotopic (exact) mass is 308 g/mol. The highest BCUT2D eigenvalue weighted by atomic mass is 32.2. The molecule has 114 valence electrons. The van der Waals surface area contributed by atoms with E-state index in [-0.39, 0.29) is 11.7 Å². The van der Waals surface area contributed by atoms with Crippen LogP contribution >= 0.6 is 11.8 Å². The van der Waals surface area contributed by atoms with Crippen molar-refractivity contribution in [1.82, 2.24) is 19.7 Å². The first-order valence-corrected chi connectivity index (χ1v) is 8.57. The van der Waals surface area contributed by atoms with Gasteiger partial charge in [0.2, 0.25) is 5.91 Å². The van der Waals surface area contributed by atoms with Crippen LogP contribution in [0.1, 0.15) is 37.9 Å². The van der Waals surface area contributed by atoms with E-state index in [9.17, 15) is 9.59 Å². The molecule has 0 radical (unpaired) electrons. The lowest BCUT2D eigenvalue weighted by Crippen LogP contribution is -2.39. The first-order valence-electron chi connectivity index (χ1n) is 7.58. The van der Waals surface area contributed by atoms with Crippen LogP contribution in [0.3, 0.4) is 0 Å². The summed E-state index contributed by atoms with van der Waals surface area (Å²) in [6.07, 6.45) is 5.53. The number of carbonyl (C=O) groups excluding carboxylic acids is 2. The summed E-state index contributed by atoms with van der Waals surface area (Å²) in [5, 5.41) is 9.31. The van der Waals surface area contributed by atoms with E-state index in [0.717, 1.165) is 30.4 Å². The molecular weight excluding hydrogens is 288 g/mol. The molecule has 0 aliphatic carbocycles. The van der Waals surface area contributed by atoms with Crippen LogP contribution < -0.4 is 0 Å². The van der Waals surface area contributed by atoms with E-state index in [2.05, 4.69) is 14.8 Å². The predicted molar refractivity (Wildman–Crippen MR) is 79.1 cm³/mol. The van der Waals surface area contributed by atoms with Gasteiger partial charge in [-0.15, -0.1) is 10.2 Å². The lowest BCUT2D eigenvalue weighted by Gasteiger charge is -2.25. The Kier molecular flexibility index (Phi) is 4.57. The van der Waals surface area contributed by atoms with Gasteiger partial charge in [0.25, 0.3) is 0 Å². The number of hydrogen-bond donors (Lipinski definition) is 0. The molecule has 0 unspecified atom stereocenters. The van der Waals surface area contributed by atoms with Gasteiger partial charge in [-0.05, 0) is 12.8 Å². The van der Waals surface area contributed by atoms with Gasteiger partial charge in [0.1, 0.15) is 11.6 Å². The molecule has 0 saturated carbocycles. The SMILES string of the molecule is O=C1CCN(C(=O)CSc2nnc3n2CCCCC3)CC1. The molecule has 0 atom stereocenters. The summed E-state index contributed by atoms with van der Waals surface area (Å²) in [4.78, 5) is 25.2. The summed E-state index contributed by atoms with van der Waals surface area (Å²) in [7, 11) is 0. The van der Waals surface area contributed by atoms with Crippen molar-refractivity contribution in [1.29, 1.82) is 0 Å². The Morgan fingerprint density at radius 3 is 2.67 bits per heavy atom. The topological polar surface area (TPSA) is 68.1 Å². The van der Waals surface area contributed by atoms with E-state index in [1.807, 2.05) is 0 Å². The number of carbonyl (C=O) groups is 2. The molecule has 0 aromatic carbocycles. The zero-order valence-corrected chi connectivity index (χ0v) is 12.9. The minimum atomic E-state index is 0.0958. The number of aryl methyl sites for hydroxylation is 1. The minimum absolute atomic E-state index is 0.0958. The molecule has 21 heavy (non-hydrogen) atoms. The third-order valence-corrected chi connectivity index (χ3v) is 5.03. The second-order valence-electron chi connectivity index (χ2n) is 5.57. The van der Waals surface area contributed by atoms with Crippen molar-refractivity contribution in [3.05, 3.63) is 5.82 Å². The first kappa shape index (κ1) is 14.6. The molecule has 1 aromatic heterocycles. The number of likely N-dealkylation sites (tertiary alicyclic amines) is 1. The molecule has 1 fully saturated rings. The number of thioether (sulfide) groups is 1. The predicted octanol–water partition coefficient (Wildman–Crippen LogP) is 1.29. The molecule has 0 bridgehead atoms. The second kappa shape index (κ2) is 6.60. The highest BCUT2D eigenvalue weighted by molar-refractivity contribution is 7.99. The van der Waals surface area contributed by atoms with Crippen LogP contribution in [0.15, 0.2) is 5.16 Å². The van der Waals surface area contributed by atoms with E-state index in [1.54, 1.807) is 4.90 Å². The van der Waals surface area contributed by atoms with Crippen molar-refractivity contribution in [3.63, 3.8) is 0 Å². The normalized spacial score (nSPS) is 19.2. The Hall–Kier alpha value is -1.37. The number of amides is 1. The van der Waals surface area contributed by atoms with Crippen molar-refractivity contribution < 1.29 is 9.59 Å². The van der Waals surface area contributed by atoms with Crippen LogP contribution in [0, 0.1) is 0 Å². The number of aromatic nitrogens is 3. The molecule has 0 spiro atoms. The zero-order chi connectivity index (χ0) is 14.7. The number of nitrogens with zero attached hydrogens (tertiary/aromatic N) is 4. The number of piperidine rings is 1. The van der Waals surface area contributed by atoms with Crippen LogP contribution in [0.4, 0.5) is 0 Å². The van der Waals surface area contributed by atoms with E-state index < -0.39 is 0 Å². The third-order valence-electron chi connectivity index (χ3n) is 4.07. The fourth-order valence-electron chi connectivity index (χ4n) is 2.79. The Balaban J connectivity index is 1.56. The van der Waals surface area contributed by atoms with Crippen LogP contribution in [-0.2, 0) is 22.6 Å². The summed E-state index contributed by atoms with van der Waals surface area (Å²) in [6, 6.07) is 0. The first-order chi connectivity index (χ1) is 10.2. The van der Waals surface area contributed by atoms with Gasteiger partial charge in [0.05, 0.1) is 5.75 Å². The summed E-state index contributed by atoms with van der Waals surface area (Å²) in [5.74, 6) is 1.78. The van der Waals surface area contributed by atoms with Crippen LogP contribution in [-0.4, -0.2) is 50.2 Å². The number of Topliss-reactive ketones (excluding diaryl/α,β-unsaturated/α-hetero) is 1. The Morgan fingerprint density at radius 2 is 1.86 bits per heavy atom. The molecule has 1 saturated heterocycles. The summed E-state index contributed by atoms with van der Waals surface area (Å²) < 4.78 is 2.16. The average molecular weight is 308 g/mol. The Bertz CT molecular complexity index is 533. The summed E-state index contributed by atoms with van der Waals surface area (Å²) in [6.45, 7) is 2.09. The third kappa shape index (κ3) is 3.45. The van der Waals surface area contributed by atoms with E-state index in [1.165, 1.54) is 24.6 Å². The molecule has 0 N–H and O–H groups in total. The Morgan fingerprint density at radius 1 is 1.05 bits per heavy atom. The molecule has 1 aromatic rings. The molecule has 2 aliphatic rings. The highest BCUT2D eigenvalue weighted by Crippen LogP contribution is 2.22. The lowest BCUT2D eigenvalue weighted by molar-refractivity contribution is -0.132. The van der Waals surface area contributed by atoms with Gasteiger partial charge < -0.3 is 9.47 Å². The van der Waals surface area contributed by atoms with Gasteiger partial charge in [0.15, 0.2) is 5.16 Å². The van der Waals surface area contributed by atoms with Crippen LogP contribution in [0.5, 0.6) is 0 Å². The highest BCUT2D eigenvalue weighted by Gasteiger charge is 2.22. The maximum atomic E-state index is 12.2. The molecule has 3 rings (SSSR count). The molecule has 2 aliphatic heterocycles. The zero-order valence-electron chi connectivity index (χ0n) is 12.1. The fraction of sp³-hybridized carbons (Fsp3) is 0.714. The van der Waals surface area contributed by atoms with Gasteiger partial charge in [0, 0.05) is 38.9 Å². The molecule has 7 heteroatoms. The average Bonchev–Trinajstić information content (AvgIpc) is 2.72. The van der Waals surface area contributed by atoms with Gasteiger partial charge in [-0.1, -0.05) is 18.2 Å². The minimum Gasteiger partial charge on any atom is -0.341 e. The fourth-order valence-corrected chi connectivity index (χ4v) is 3.67. The van der Waals surface area contributed by atoms with E-state index in [0.29, 0.717) is 31.7 Å². The second-order valence-corrected chi connectivity index (χ2v) is 6.51. The number of ketones is 1. The number of rotatable bonds is 3. The smallest absolute Gasteiger partial charge is 0.233 e. The molecule has 1 amide bonds. The van der Waals surface area contributed by atoms with Gasteiger partial charge in [-0.25, -0.2) is 0 Å². The van der Waals surface area contributed by atoms with Crippen molar-refractivity contribution in [3.8, 4) is 0 Å². The van der Waals surface area contributed by atoms with Gasteiger partial charge in [-0.2, -0.15) is 0 Å². The standard InChI is InChI=1S/C14H20N4O2S/c19-11-5-8-17(9-6-11)13(20)10-21-14-16-15-12-4-2-1-3-7-18(12)14/h1-10H2. The largest absolute Gasteiger partial charge is 0.341 e. The quantitative estimate of drug-likeness (QED) is 0.787. The number of hydrogen-bond acceptors (Lipinski definition) is 5. The van der Waals surface area contributed by atoms with E-state index in [4.69, 9.17) is 0 Å². The van der Waals surface area contributed by atoms with Crippen molar-refractivity contribution in [2.24, 2.45) is 0 Å². The van der Waals surface area contributed by atoms with Crippen LogP contribution in [0.2, 0.25) is 0 Å². The van der Waals surface area contributed by atoms with Gasteiger partial charge >= 0.3 is 0 Å². The maximum absolute atomic E-state index is 12.2. The molecule has 3 heterocycles. The Labute approximate surface area is 128 Å². The van der Waals surface area contributed by atoms with Gasteiger partial charge in [-0.3, -0.25) is 9.59 Å². The van der Waals surface area contributed by atoms with Crippen molar-refractivity contribution >= 4 is 23.5 Å². The molecular formula is C14H20N4O2S. The summed E-state index contributed by atoms with van der Waals surface area (Å²) in [5.41, 5.74) is 0. The van der Waals surface area contributed by atoms with Crippen LogP contribution in [0.25, 0.3) is 0 Å². The van der Waals surface area contributed by atoms with Crippen molar-refractivity contribution in [2.45, 2.75) is 50.2 Å². The lowest BCUT2D eigenvalue weighted by atomic mass is 10.1. The molecule has 6 nitrogen and oxygen atoms in total. The maximum Gasteiger partial charge on any atom is 0.233 e. The summed E-state index contributed by atoms with van der Waals surface area (Å²) >= 11 is 1.47. The van der Waals surface area contributed by atoms with Crippen molar-refractivity contribution in [2.75, 3.05) is 18.8 Å².